The van der Waals surface area contributed by atoms with Gasteiger partial charge < -0.3 is 14.4 Å². The van der Waals surface area contributed by atoms with Gasteiger partial charge in [0.1, 0.15) is 0 Å². The van der Waals surface area contributed by atoms with E-state index in [1.807, 2.05) is 32.6 Å². The quantitative estimate of drug-likeness (QED) is 0.907. The maximum absolute atomic E-state index is 12.6. The summed E-state index contributed by atoms with van der Waals surface area (Å²) in [6.45, 7) is 9.54. The molecule has 1 atom stereocenters. The molecule has 0 bridgehead atoms. The SMILES string of the molecule is COC[C@@H]1CN(C(=O)Cc2c(C)n[nH]c2C)CC(C)(C)O1. The summed E-state index contributed by atoms with van der Waals surface area (Å²) in [5, 5.41) is 7.07. The molecule has 0 spiro atoms. The molecule has 6 nitrogen and oxygen atoms in total. The Morgan fingerprint density at radius 3 is 2.81 bits per heavy atom. The molecule has 0 saturated carbocycles. The first-order valence-electron chi connectivity index (χ1n) is 7.27. The Morgan fingerprint density at radius 2 is 2.24 bits per heavy atom. The summed E-state index contributed by atoms with van der Waals surface area (Å²) in [7, 11) is 1.65. The summed E-state index contributed by atoms with van der Waals surface area (Å²) in [5.41, 5.74) is 2.49. The van der Waals surface area contributed by atoms with Crippen molar-refractivity contribution in [2.24, 2.45) is 0 Å². The van der Waals surface area contributed by atoms with E-state index in [2.05, 4.69) is 10.2 Å². The van der Waals surface area contributed by atoms with Gasteiger partial charge in [-0.1, -0.05) is 0 Å². The topological polar surface area (TPSA) is 67.5 Å². The fraction of sp³-hybridized carbons (Fsp3) is 0.733. The zero-order valence-corrected chi connectivity index (χ0v) is 13.5. The third-order valence-electron chi connectivity index (χ3n) is 3.80. The summed E-state index contributed by atoms with van der Waals surface area (Å²) in [6.07, 6.45) is 0.304. The second-order valence-corrected chi connectivity index (χ2v) is 6.32. The highest BCUT2D eigenvalue weighted by atomic mass is 16.5. The number of aromatic nitrogens is 2. The normalized spacial score (nSPS) is 21.6. The van der Waals surface area contributed by atoms with Crippen molar-refractivity contribution >= 4 is 5.91 Å². The predicted molar refractivity (Wildman–Crippen MR) is 79.2 cm³/mol. The van der Waals surface area contributed by atoms with Crippen LogP contribution in [0.4, 0.5) is 0 Å². The second-order valence-electron chi connectivity index (χ2n) is 6.32. The van der Waals surface area contributed by atoms with E-state index >= 15 is 0 Å². The van der Waals surface area contributed by atoms with Crippen molar-refractivity contribution in [3.8, 4) is 0 Å². The van der Waals surface area contributed by atoms with Crippen LogP contribution in [0.1, 0.15) is 30.8 Å². The number of methoxy groups -OCH3 is 1. The lowest BCUT2D eigenvalue weighted by molar-refractivity contribution is -0.168. The molecule has 1 aliphatic rings. The minimum atomic E-state index is -0.350. The molecular weight excluding hydrogens is 270 g/mol. The molecule has 1 fully saturated rings. The monoisotopic (exact) mass is 295 g/mol. The number of nitrogens with zero attached hydrogens (tertiary/aromatic N) is 2. The van der Waals surface area contributed by atoms with E-state index in [1.165, 1.54) is 0 Å². The Morgan fingerprint density at radius 1 is 1.52 bits per heavy atom. The van der Waals surface area contributed by atoms with Crippen molar-refractivity contribution in [3.05, 3.63) is 17.0 Å². The summed E-state index contributed by atoms with van der Waals surface area (Å²) in [6, 6.07) is 0. The molecule has 1 aromatic heterocycles. The number of carbonyl (C=O) groups is 1. The third-order valence-corrected chi connectivity index (χ3v) is 3.80. The van der Waals surface area contributed by atoms with Gasteiger partial charge in [0.05, 0.1) is 30.4 Å². The number of rotatable bonds is 4. The molecule has 1 saturated heterocycles. The van der Waals surface area contributed by atoms with Crippen LogP contribution in [0.15, 0.2) is 0 Å². The van der Waals surface area contributed by atoms with Gasteiger partial charge in [0.15, 0.2) is 0 Å². The molecule has 0 aliphatic carbocycles. The van der Waals surface area contributed by atoms with Crippen molar-refractivity contribution in [1.29, 1.82) is 0 Å². The number of carbonyl (C=O) groups excluding carboxylic acids is 1. The van der Waals surface area contributed by atoms with Crippen molar-refractivity contribution in [1.82, 2.24) is 15.1 Å². The number of H-pyrrole nitrogens is 1. The van der Waals surface area contributed by atoms with Crippen LogP contribution in [0, 0.1) is 13.8 Å². The highest BCUT2D eigenvalue weighted by molar-refractivity contribution is 5.79. The molecule has 0 unspecified atom stereocenters. The van der Waals surface area contributed by atoms with Gasteiger partial charge >= 0.3 is 0 Å². The fourth-order valence-electron chi connectivity index (χ4n) is 2.86. The average molecular weight is 295 g/mol. The number of amides is 1. The Balaban J connectivity index is 2.07. The van der Waals surface area contributed by atoms with Gasteiger partial charge in [-0.05, 0) is 27.7 Å². The maximum Gasteiger partial charge on any atom is 0.227 e. The highest BCUT2D eigenvalue weighted by Gasteiger charge is 2.35. The number of nitrogens with one attached hydrogen (secondary N) is 1. The Hall–Kier alpha value is -1.40. The molecule has 118 valence electrons. The van der Waals surface area contributed by atoms with E-state index in [-0.39, 0.29) is 17.6 Å². The first-order valence-corrected chi connectivity index (χ1v) is 7.27. The molecule has 2 rings (SSSR count). The lowest BCUT2D eigenvalue weighted by Crippen LogP contribution is -2.56. The number of morpholine rings is 1. The zero-order chi connectivity index (χ0) is 15.6. The zero-order valence-electron chi connectivity index (χ0n) is 13.5. The van der Waals surface area contributed by atoms with E-state index in [9.17, 15) is 4.79 Å². The largest absolute Gasteiger partial charge is 0.382 e. The van der Waals surface area contributed by atoms with Crippen LogP contribution in [0.5, 0.6) is 0 Å². The minimum absolute atomic E-state index is 0.0748. The van der Waals surface area contributed by atoms with Crippen LogP contribution in [0.2, 0.25) is 0 Å². The van der Waals surface area contributed by atoms with Crippen LogP contribution in [0.25, 0.3) is 0 Å². The number of hydrogen-bond donors (Lipinski definition) is 1. The lowest BCUT2D eigenvalue weighted by atomic mass is 10.0. The molecular formula is C15H25N3O3. The molecule has 1 aromatic rings. The third kappa shape index (κ3) is 3.83. The van der Waals surface area contributed by atoms with Crippen molar-refractivity contribution in [2.45, 2.75) is 45.8 Å². The summed E-state index contributed by atoms with van der Waals surface area (Å²) in [5.74, 6) is 0.111. The smallest absolute Gasteiger partial charge is 0.227 e. The summed E-state index contributed by atoms with van der Waals surface area (Å²) in [4.78, 5) is 14.5. The van der Waals surface area contributed by atoms with E-state index in [0.717, 1.165) is 17.0 Å². The van der Waals surface area contributed by atoms with Gasteiger partial charge in [-0.15, -0.1) is 0 Å². The van der Waals surface area contributed by atoms with Gasteiger partial charge in [0.2, 0.25) is 5.91 Å². The van der Waals surface area contributed by atoms with Gasteiger partial charge in [-0.3, -0.25) is 9.89 Å². The first kappa shape index (κ1) is 16.0. The molecule has 1 N–H and O–H groups in total. The van der Waals surface area contributed by atoms with Crippen LogP contribution in [-0.4, -0.2) is 59.5 Å². The summed E-state index contributed by atoms with van der Waals surface area (Å²) < 4.78 is 11.1. The van der Waals surface area contributed by atoms with Crippen molar-refractivity contribution < 1.29 is 14.3 Å². The second kappa shape index (κ2) is 6.15. The summed E-state index contributed by atoms with van der Waals surface area (Å²) >= 11 is 0. The van der Waals surface area contributed by atoms with Gasteiger partial charge in [-0.2, -0.15) is 5.10 Å². The molecule has 0 radical (unpaired) electrons. The molecule has 1 amide bonds. The number of hydrogen-bond acceptors (Lipinski definition) is 4. The molecule has 21 heavy (non-hydrogen) atoms. The standard InChI is InChI=1S/C15H25N3O3/c1-10-13(11(2)17-16-10)6-14(19)18-7-12(8-20-5)21-15(3,4)9-18/h12H,6-9H2,1-5H3,(H,16,17)/t12-/m0/s1. The minimum Gasteiger partial charge on any atom is -0.382 e. The predicted octanol–water partition coefficient (Wildman–Crippen LogP) is 1.22. The van der Waals surface area contributed by atoms with Crippen molar-refractivity contribution in [3.63, 3.8) is 0 Å². The van der Waals surface area contributed by atoms with Crippen LogP contribution >= 0.6 is 0 Å². The molecule has 6 heteroatoms. The Kier molecular flexibility index (Phi) is 4.68. The number of ether oxygens (including phenoxy) is 2. The van der Waals surface area contributed by atoms with Gasteiger partial charge in [0, 0.05) is 31.5 Å². The first-order chi connectivity index (χ1) is 9.82. The number of aryl methyl sites for hydroxylation is 2. The molecule has 0 aromatic carbocycles. The van der Waals surface area contributed by atoms with Crippen molar-refractivity contribution in [2.75, 3.05) is 26.8 Å². The fourth-order valence-corrected chi connectivity index (χ4v) is 2.86. The van der Waals surface area contributed by atoms with E-state index < -0.39 is 0 Å². The van der Waals surface area contributed by atoms with Crippen LogP contribution < -0.4 is 0 Å². The lowest BCUT2D eigenvalue weighted by Gasteiger charge is -2.42. The van der Waals surface area contributed by atoms with E-state index in [4.69, 9.17) is 9.47 Å². The Bertz CT molecular complexity index is 491. The van der Waals surface area contributed by atoms with E-state index in [1.54, 1.807) is 7.11 Å². The number of aromatic amines is 1. The van der Waals surface area contributed by atoms with Gasteiger partial charge in [-0.25, -0.2) is 0 Å². The molecule has 2 heterocycles. The molecule has 1 aliphatic heterocycles. The van der Waals surface area contributed by atoms with Gasteiger partial charge in [0.25, 0.3) is 0 Å². The van der Waals surface area contributed by atoms with Crippen LogP contribution in [-0.2, 0) is 20.7 Å². The maximum atomic E-state index is 12.6. The average Bonchev–Trinajstić information content (AvgIpc) is 2.69. The van der Waals surface area contributed by atoms with Crippen LogP contribution in [0.3, 0.4) is 0 Å². The van der Waals surface area contributed by atoms with E-state index in [0.29, 0.717) is 26.1 Å². The highest BCUT2D eigenvalue weighted by Crippen LogP contribution is 2.22. The Labute approximate surface area is 125 Å².